The predicted octanol–water partition coefficient (Wildman–Crippen LogP) is 5.70. The highest BCUT2D eigenvalue weighted by Gasteiger charge is 2.32. The number of carboxylic acid groups (broad SMARTS) is 1. The molecule has 178 valence electrons. The Morgan fingerprint density at radius 3 is 2.80 bits per heavy atom. The average Bonchev–Trinajstić information content (AvgIpc) is 3.49. The van der Waals surface area contributed by atoms with Crippen molar-refractivity contribution < 1.29 is 32.3 Å². The number of ether oxygens (including phenoxy) is 1. The maximum Gasteiger partial charge on any atom is 0.573 e. The van der Waals surface area contributed by atoms with E-state index in [0.29, 0.717) is 5.56 Å². The molecule has 0 saturated heterocycles. The number of aromatic nitrogens is 3. The van der Waals surface area contributed by atoms with Crippen LogP contribution < -0.4 is 4.74 Å². The SMILES string of the molecule is N#Cc1cc(OC(F)(F)F)cc(-c2nc(-c3ccc4c(c3)c(I)c3n4CCC3CC(=O)O)no2)c1. The van der Waals surface area contributed by atoms with E-state index in [0.717, 1.165) is 45.3 Å². The van der Waals surface area contributed by atoms with E-state index in [-0.39, 0.29) is 35.2 Å². The van der Waals surface area contributed by atoms with Gasteiger partial charge in [-0.25, -0.2) is 0 Å². The quantitative estimate of drug-likeness (QED) is 0.295. The lowest BCUT2D eigenvalue weighted by Gasteiger charge is -2.09. The van der Waals surface area contributed by atoms with Crippen LogP contribution in [0.15, 0.2) is 40.9 Å². The van der Waals surface area contributed by atoms with Gasteiger partial charge in [-0.3, -0.25) is 4.79 Å². The van der Waals surface area contributed by atoms with Gasteiger partial charge in [0.2, 0.25) is 5.82 Å². The van der Waals surface area contributed by atoms with Crippen molar-refractivity contribution in [2.75, 3.05) is 0 Å². The first-order valence-corrected chi connectivity index (χ1v) is 11.4. The maximum absolute atomic E-state index is 12.7. The summed E-state index contributed by atoms with van der Waals surface area (Å²) in [5.74, 6) is -1.32. The summed E-state index contributed by atoms with van der Waals surface area (Å²) in [5, 5.41) is 23.3. The molecule has 1 unspecified atom stereocenters. The van der Waals surface area contributed by atoms with Crippen molar-refractivity contribution in [2.24, 2.45) is 0 Å². The van der Waals surface area contributed by atoms with Crippen LogP contribution in [0.2, 0.25) is 0 Å². The lowest BCUT2D eigenvalue weighted by Crippen LogP contribution is -2.17. The van der Waals surface area contributed by atoms with Crippen molar-refractivity contribution in [2.45, 2.75) is 31.7 Å². The molecule has 1 N–H and O–H groups in total. The Morgan fingerprint density at radius 2 is 2.09 bits per heavy atom. The highest BCUT2D eigenvalue weighted by molar-refractivity contribution is 14.1. The number of carbonyl (C=O) groups is 1. The smallest absolute Gasteiger partial charge is 0.481 e. The summed E-state index contributed by atoms with van der Waals surface area (Å²) in [6.45, 7) is 0.732. The minimum absolute atomic E-state index is 0.0586. The molecule has 0 aliphatic carbocycles. The summed E-state index contributed by atoms with van der Waals surface area (Å²) in [6, 6.07) is 10.7. The highest BCUT2D eigenvalue weighted by Crippen LogP contribution is 2.41. The Balaban J connectivity index is 1.51. The molecule has 0 amide bonds. The summed E-state index contributed by atoms with van der Waals surface area (Å²) in [7, 11) is 0. The Labute approximate surface area is 209 Å². The minimum atomic E-state index is -4.92. The molecule has 5 rings (SSSR count). The van der Waals surface area contributed by atoms with E-state index < -0.39 is 18.1 Å². The van der Waals surface area contributed by atoms with Crippen molar-refractivity contribution >= 4 is 39.5 Å². The molecule has 2 aromatic carbocycles. The molecule has 0 bridgehead atoms. The second kappa shape index (κ2) is 8.56. The normalized spacial score (nSPS) is 15.2. The number of carboxylic acids is 1. The summed E-state index contributed by atoms with van der Waals surface area (Å²) in [5.41, 5.74) is 2.64. The van der Waals surface area contributed by atoms with E-state index in [9.17, 15) is 23.1 Å². The van der Waals surface area contributed by atoms with Gasteiger partial charge in [0.05, 0.1) is 18.1 Å². The fourth-order valence-electron chi connectivity index (χ4n) is 4.38. The molecular formula is C23H14F3IN4O4. The number of rotatable bonds is 5. The van der Waals surface area contributed by atoms with Crippen LogP contribution in [-0.4, -0.2) is 32.1 Å². The molecule has 3 heterocycles. The lowest BCUT2D eigenvalue weighted by atomic mass is 10.00. The van der Waals surface area contributed by atoms with Crippen molar-refractivity contribution in [3.63, 3.8) is 0 Å². The largest absolute Gasteiger partial charge is 0.573 e. The van der Waals surface area contributed by atoms with E-state index in [1.165, 1.54) is 6.07 Å². The number of hydrogen-bond donors (Lipinski definition) is 1. The van der Waals surface area contributed by atoms with Gasteiger partial charge in [-0.15, -0.1) is 13.2 Å². The highest BCUT2D eigenvalue weighted by atomic mass is 127. The third-order valence-electron chi connectivity index (χ3n) is 5.75. The maximum atomic E-state index is 12.7. The molecule has 35 heavy (non-hydrogen) atoms. The Kier molecular flexibility index (Phi) is 5.66. The predicted molar refractivity (Wildman–Crippen MR) is 124 cm³/mol. The molecule has 1 aliphatic rings. The molecule has 0 radical (unpaired) electrons. The first kappa shape index (κ1) is 23.2. The number of benzene rings is 2. The molecule has 12 heteroatoms. The number of nitrogens with zero attached hydrogens (tertiary/aromatic N) is 4. The molecule has 1 aliphatic heterocycles. The van der Waals surface area contributed by atoms with Gasteiger partial charge < -0.3 is 18.9 Å². The van der Waals surface area contributed by atoms with E-state index in [1.807, 2.05) is 12.1 Å². The van der Waals surface area contributed by atoms with Crippen LogP contribution in [0.25, 0.3) is 33.7 Å². The van der Waals surface area contributed by atoms with Gasteiger partial charge in [0.15, 0.2) is 0 Å². The molecule has 0 fully saturated rings. The van der Waals surface area contributed by atoms with Gasteiger partial charge in [-0.05, 0) is 65.4 Å². The second-order valence-corrected chi connectivity index (χ2v) is 9.07. The standard InChI is InChI=1S/C23H14F3IN4O4/c24-23(25,26)34-15-6-11(10-28)5-14(7-15)22-29-21(30-35-22)13-1-2-17-16(8-13)19(27)20-12(9-18(32)33)3-4-31(17)20/h1-2,5-8,12H,3-4,9H2,(H,32,33). The fourth-order valence-corrected chi connectivity index (χ4v) is 5.55. The molecule has 8 nitrogen and oxygen atoms in total. The summed E-state index contributed by atoms with van der Waals surface area (Å²) < 4.78 is 50.3. The molecule has 4 aromatic rings. The van der Waals surface area contributed by atoms with Gasteiger partial charge >= 0.3 is 12.3 Å². The van der Waals surface area contributed by atoms with Crippen LogP contribution in [0.3, 0.4) is 0 Å². The number of fused-ring (bicyclic) bond motifs is 3. The minimum Gasteiger partial charge on any atom is -0.481 e. The van der Waals surface area contributed by atoms with Crippen LogP contribution >= 0.6 is 22.6 Å². The van der Waals surface area contributed by atoms with Crippen LogP contribution in [0.5, 0.6) is 5.75 Å². The van der Waals surface area contributed by atoms with Gasteiger partial charge in [0, 0.05) is 43.8 Å². The zero-order valence-corrected chi connectivity index (χ0v) is 19.8. The Bertz CT molecular complexity index is 1520. The summed E-state index contributed by atoms with van der Waals surface area (Å²) in [4.78, 5) is 15.6. The number of nitriles is 1. The van der Waals surface area contributed by atoms with E-state index >= 15 is 0 Å². The second-order valence-electron chi connectivity index (χ2n) is 8.00. The summed E-state index contributed by atoms with van der Waals surface area (Å²) in [6.07, 6.45) is -4.08. The van der Waals surface area contributed by atoms with Gasteiger partial charge in [-0.2, -0.15) is 10.2 Å². The van der Waals surface area contributed by atoms with Gasteiger partial charge in [0.1, 0.15) is 5.75 Å². The molecule has 1 atom stereocenters. The number of aliphatic carboxylic acids is 1. The number of aryl methyl sites for hydroxylation is 1. The van der Waals surface area contributed by atoms with Crippen molar-refractivity contribution in [1.82, 2.24) is 14.7 Å². The molecule has 0 spiro atoms. The zero-order chi connectivity index (χ0) is 24.9. The Hall–Kier alpha value is -3.60. The van der Waals surface area contributed by atoms with Crippen LogP contribution in [0, 0.1) is 14.9 Å². The van der Waals surface area contributed by atoms with Crippen LogP contribution in [-0.2, 0) is 11.3 Å². The number of halogens is 4. The third-order valence-corrected chi connectivity index (χ3v) is 6.88. The first-order chi connectivity index (χ1) is 16.6. The number of hydrogen-bond acceptors (Lipinski definition) is 6. The third kappa shape index (κ3) is 4.43. The van der Waals surface area contributed by atoms with E-state index in [1.54, 1.807) is 12.1 Å². The van der Waals surface area contributed by atoms with E-state index in [2.05, 4.69) is 42.0 Å². The van der Waals surface area contributed by atoms with Crippen molar-refractivity contribution in [1.29, 1.82) is 5.26 Å². The molecule has 0 saturated carbocycles. The molecule has 2 aromatic heterocycles. The van der Waals surface area contributed by atoms with E-state index in [4.69, 9.17) is 9.78 Å². The average molecular weight is 594 g/mol. The van der Waals surface area contributed by atoms with Crippen LogP contribution in [0.4, 0.5) is 13.2 Å². The fraction of sp³-hybridized carbons (Fsp3) is 0.217. The van der Waals surface area contributed by atoms with Gasteiger partial charge in [-0.1, -0.05) is 5.16 Å². The van der Waals surface area contributed by atoms with Crippen LogP contribution in [0.1, 0.15) is 30.0 Å². The van der Waals surface area contributed by atoms with Crippen molar-refractivity contribution in [3.05, 3.63) is 51.2 Å². The first-order valence-electron chi connectivity index (χ1n) is 10.3. The number of alkyl halides is 3. The summed E-state index contributed by atoms with van der Waals surface area (Å²) >= 11 is 2.22. The van der Waals surface area contributed by atoms with Crippen molar-refractivity contribution in [3.8, 4) is 34.7 Å². The Morgan fingerprint density at radius 1 is 1.29 bits per heavy atom. The monoisotopic (exact) mass is 594 g/mol. The molecular weight excluding hydrogens is 580 g/mol. The topological polar surface area (TPSA) is 114 Å². The van der Waals surface area contributed by atoms with Gasteiger partial charge in [0.25, 0.3) is 5.89 Å². The lowest BCUT2D eigenvalue weighted by molar-refractivity contribution is -0.274. The zero-order valence-electron chi connectivity index (χ0n) is 17.6.